The van der Waals surface area contributed by atoms with Crippen molar-refractivity contribution < 1.29 is 4.42 Å². The van der Waals surface area contributed by atoms with Gasteiger partial charge in [-0.2, -0.15) is 0 Å². The third-order valence-electron chi connectivity index (χ3n) is 6.69. The number of aliphatic imine (C=N–C) groups is 1. The van der Waals surface area contributed by atoms with Crippen molar-refractivity contribution in [2.75, 3.05) is 0 Å². The Morgan fingerprint density at radius 2 is 1.21 bits per heavy atom. The topological polar surface area (TPSA) is 30.4 Å². The molecular weight excluding hydrogens is 416 g/mol. The van der Waals surface area contributed by atoms with Gasteiger partial charge in [0.15, 0.2) is 0 Å². The van der Waals surface area contributed by atoms with E-state index in [1.54, 1.807) is 0 Å². The molecule has 5 aromatic carbocycles. The summed E-state index contributed by atoms with van der Waals surface area (Å²) >= 11 is 0. The normalized spacial score (nSPS) is 11.6. The number of furan rings is 1. The summed E-state index contributed by atoms with van der Waals surface area (Å²) in [5.41, 5.74) is 7.95. The summed E-state index contributed by atoms with van der Waals surface area (Å²) < 4.78 is 8.74. The van der Waals surface area contributed by atoms with Crippen LogP contribution in [-0.4, -0.2) is 11.3 Å². The summed E-state index contributed by atoms with van der Waals surface area (Å²) in [4.78, 5) is 4.43. The summed E-state index contributed by atoms with van der Waals surface area (Å²) in [6.07, 6.45) is 0. The number of fused-ring (bicyclic) bond motifs is 6. The molecule has 0 spiro atoms. The molecule has 0 aliphatic heterocycles. The number of aromatic nitrogens is 1. The Morgan fingerprint density at radius 1 is 0.588 bits per heavy atom. The molecule has 0 amide bonds. The fourth-order valence-corrected chi connectivity index (χ4v) is 5.25. The van der Waals surface area contributed by atoms with E-state index in [1.807, 2.05) is 30.3 Å². The van der Waals surface area contributed by atoms with Gasteiger partial charge in [-0.3, -0.25) is 4.99 Å². The Bertz CT molecular complexity index is 1830. The molecule has 160 valence electrons. The van der Waals surface area contributed by atoms with Crippen LogP contribution < -0.4 is 0 Å². The Labute approximate surface area is 196 Å². The van der Waals surface area contributed by atoms with Crippen LogP contribution >= 0.6 is 0 Å². The summed E-state index contributed by atoms with van der Waals surface area (Å²) in [6.45, 7) is 3.90. The third-order valence-corrected chi connectivity index (χ3v) is 6.69. The number of hydrogen-bond acceptors (Lipinski definition) is 2. The predicted octanol–water partition coefficient (Wildman–Crippen LogP) is 8.68. The second-order valence-electron chi connectivity index (χ2n) is 8.48. The van der Waals surface area contributed by atoms with E-state index in [0.29, 0.717) is 0 Å². The molecule has 3 heteroatoms. The second-order valence-corrected chi connectivity index (χ2v) is 8.48. The maximum atomic E-state index is 6.41. The van der Waals surface area contributed by atoms with Crippen LogP contribution in [0.2, 0.25) is 0 Å². The molecule has 7 aromatic rings. The molecule has 0 saturated carbocycles. The van der Waals surface area contributed by atoms with Gasteiger partial charge in [0, 0.05) is 32.7 Å². The number of benzene rings is 5. The smallest absolute Gasteiger partial charge is 0.143 e. The first-order valence-corrected chi connectivity index (χ1v) is 11.3. The van der Waals surface area contributed by atoms with Crippen LogP contribution in [0.1, 0.15) is 0 Å². The molecule has 0 N–H and O–H groups in total. The van der Waals surface area contributed by atoms with E-state index >= 15 is 0 Å². The van der Waals surface area contributed by atoms with Crippen molar-refractivity contribution in [3.05, 3.63) is 109 Å². The van der Waals surface area contributed by atoms with Gasteiger partial charge in [0.25, 0.3) is 0 Å². The lowest BCUT2D eigenvalue weighted by atomic mass is 9.98. The molecule has 2 aromatic heterocycles. The average molecular weight is 437 g/mol. The zero-order valence-electron chi connectivity index (χ0n) is 18.4. The van der Waals surface area contributed by atoms with Gasteiger partial charge in [0.1, 0.15) is 11.2 Å². The molecule has 0 saturated heterocycles. The van der Waals surface area contributed by atoms with Crippen LogP contribution in [0.3, 0.4) is 0 Å². The second kappa shape index (κ2) is 7.19. The molecule has 0 radical (unpaired) electrons. The zero-order valence-corrected chi connectivity index (χ0v) is 18.4. The predicted molar refractivity (Wildman–Crippen MR) is 143 cm³/mol. The molecule has 34 heavy (non-hydrogen) atoms. The van der Waals surface area contributed by atoms with Crippen molar-refractivity contribution in [3.63, 3.8) is 0 Å². The van der Waals surface area contributed by atoms with Crippen LogP contribution in [-0.2, 0) is 0 Å². The van der Waals surface area contributed by atoms with Gasteiger partial charge < -0.3 is 8.98 Å². The molecule has 0 aliphatic carbocycles. The number of hydrogen-bond donors (Lipinski definition) is 0. The number of nitrogens with zero attached hydrogens (tertiary/aromatic N) is 2. The highest BCUT2D eigenvalue weighted by atomic mass is 16.3. The number of rotatable bonds is 3. The Hall–Kier alpha value is -4.63. The van der Waals surface area contributed by atoms with Crippen molar-refractivity contribution in [1.82, 2.24) is 4.57 Å². The lowest BCUT2D eigenvalue weighted by molar-refractivity contribution is 0.670. The summed E-state index contributed by atoms with van der Waals surface area (Å²) in [5, 5.41) is 4.66. The quantitative estimate of drug-likeness (QED) is 0.255. The average Bonchev–Trinajstić information content (AvgIpc) is 3.44. The van der Waals surface area contributed by atoms with Crippen molar-refractivity contribution in [2.24, 2.45) is 4.99 Å². The largest absolute Gasteiger partial charge is 0.455 e. The van der Waals surface area contributed by atoms with E-state index in [4.69, 9.17) is 4.42 Å². The first-order valence-electron chi connectivity index (χ1n) is 11.3. The van der Waals surface area contributed by atoms with E-state index in [0.717, 1.165) is 55.5 Å². The van der Waals surface area contributed by atoms with Crippen LogP contribution in [0.15, 0.2) is 119 Å². The Morgan fingerprint density at radius 3 is 1.94 bits per heavy atom. The SMILES string of the molecule is C=Nc1cccc(-n2c3ccccc3c3ccccc32)c1-c1cccc2c1oc1ccccc12. The summed E-state index contributed by atoms with van der Waals surface area (Å²) in [7, 11) is 0. The maximum Gasteiger partial charge on any atom is 0.143 e. The van der Waals surface area contributed by atoms with E-state index < -0.39 is 0 Å². The molecular formula is C31H20N2O. The fraction of sp³-hybridized carbons (Fsp3) is 0. The lowest BCUT2D eigenvalue weighted by Gasteiger charge is -2.16. The molecule has 0 bridgehead atoms. The van der Waals surface area contributed by atoms with Crippen molar-refractivity contribution in [1.29, 1.82) is 0 Å². The molecule has 0 unspecified atom stereocenters. The standard InChI is InChI=1S/C31H20N2O/c1-32-25-15-9-18-28(33-26-16-5-2-10-20(26)21-11-3-6-17-27(21)33)30(25)24-14-8-13-23-22-12-4-7-19-29(22)34-31(23)24/h2-19H,1H2. The van der Waals surface area contributed by atoms with Crippen LogP contribution in [0.5, 0.6) is 0 Å². The fourth-order valence-electron chi connectivity index (χ4n) is 5.25. The highest BCUT2D eigenvalue weighted by Crippen LogP contribution is 2.44. The Balaban J connectivity index is 1.65. The van der Waals surface area contributed by atoms with Gasteiger partial charge in [-0.25, -0.2) is 0 Å². The van der Waals surface area contributed by atoms with E-state index in [2.05, 4.69) is 95.1 Å². The van der Waals surface area contributed by atoms with Gasteiger partial charge in [-0.1, -0.05) is 78.9 Å². The van der Waals surface area contributed by atoms with E-state index in [-0.39, 0.29) is 0 Å². The van der Waals surface area contributed by atoms with Crippen LogP contribution in [0.25, 0.3) is 60.6 Å². The molecule has 0 atom stereocenters. The zero-order chi connectivity index (χ0) is 22.6. The van der Waals surface area contributed by atoms with Gasteiger partial charge in [0.05, 0.1) is 22.4 Å². The molecule has 2 heterocycles. The van der Waals surface area contributed by atoms with Gasteiger partial charge >= 0.3 is 0 Å². The highest BCUT2D eigenvalue weighted by Gasteiger charge is 2.20. The minimum Gasteiger partial charge on any atom is -0.455 e. The molecule has 3 nitrogen and oxygen atoms in total. The summed E-state index contributed by atoms with van der Waals surface area (Å²) in [5.74, 6) is 0. The van der Waals surface area contributed by atoms with Crippen molar-refractivity contribution >= 4 is 56.1 Å². The monoisotopic (exact) mass is 436 g/mol. The Kier molecular flexibility index (Phi) is 4.00. The van der Waals surface area contributed by atoms with E-state index in [1.165, 1.54) is 10.8 Å². The first kappa shape index (κ1) is 18.9. The van der Waals surface area contributed by atoms with Crippen molar-refractivity contribution in [3.8, 4) is 16.8 Å². The lowest BCUT2D eigenvalue weighted by Crippen LogP contribution is -1.97. The van der Waals surface area contributed by atoms with Crippen LogP contribution in [0, 0.1) is 0 Å². The molecule has 0 fully saturated rings. The minimum absolute atomic E-state index is 0.826. The van der Waals surface area contributed by atoms with Crippen molar-refractivity contribution in [2.45, 2.75) is 0 Å². The van der Waals surface area contributed by atoms with Gasteiger partial charge in [-0.15, -0.1) is 0 Å². The van der Waals surface area contributed by atoms with Gasteiger partial charge in [0.2, 0.25) is 0 Å². The summed E-state index contributed by atoms with van der Waals surface area (Å²) in [6, 6.07) is 37.8. The molecule has 0 aliphatic rings. The number of para-hydroxylation sites is 4. The van der Waals surface area contributed by atoms with E-state index in [9.17, 15) is 0 Å². The minimum atomic E-state index is 0.826. The van der Waals surface area contributed by atoms with Crippen LogP contribution in [0.4, 0.5) is 5.69 Å². The highest BCUT2D eigenvalue weighted by molar-refractivity contribution is 6.13. The molecule has 7 rings (SSSR count). The third kappa shape index (κ3) is 2.55. The first-order chi connectivity index (χ1) is 16.8. The maximum absolute atomic E-state index is 6.41. The van der Waals surface area contributed by atoms with Gasteiger partial charge in [-0.05, 0) is 37.0 Å².